The lowest BCUT2D eigenvalue weighted by Gasteiger charge is -2.00. The van der Waals surface area contributed by atoms with Crippen molar-refractivity contribution in [1.29, 1.82) is 0 Å². The zero-order valence-corrected chi connectivity index (χ0v) is 9.68. The summed E-state index contributed by atoms with van der Waals surface area (Å²) in [5, 5.41) is 0. The van der Waals surface area contributed by atoms with Crippen LogP contribution in [0.2, 0.25) is 0 Å². The number of carbonyl (C=O) groups excluding carboxylic acids is 1. The monoisotopic (exact) mass is 200 g/mol. The van der Waals surface area contributed by atoms with Gasteiger partial charge in [-0.05, 0) is 6.42 Å². The summed E-state index contributed by atoms with van der Waals surface area (Å²) >= 11 is 0. The average molecular weight is 200 g/mol. The Bertz CT molecular complexity index is 132. The highest BCUT2D eigenvalue weighted by Gasteiger charge is 1.98. The van der Waals surface area contributed by atoms with Gasteiger partial charge in [0.05, 0.1) is 7.11 Å². The number of carbonyl (C=O) groups is 1. The fraction of sp³-hybridized carbons (Fsp3) is 0.917. The summed E-state index contributed by atoms with van der Waals surface area (Å²) in [6, 6.07) is 0. The number of ether oxygens (including phenoxy) is 1. The summed E-state index contributed by atoms with van der Waals surface area (Å²) in [4.78, 5) is 10.8. The van der Waals surface area contributed by atoms with Crippen molar-refractivity contribution in [2.75, 3.05) is 7.11 Å². The number of hydrogen-bond donors (Lipinski definition) is 0. The van der Waals surface area contributed by atoms with Gasteiger partial charge in [0.1, 0.15) is 0 Å². The second-order valence-electron chi connectivity index (χ2n) is 3.80. The van der Waals surface area contributed by atoms with Crippen molar-refractivity contribution >= 4 is 5.97 Å². The normalized spacial score (nSPS) is 10.1. The molecular weight excluding hydrogens is 176 g/mol. The van der Waals surface area contributed by atoms with E-state index in [-0.39, 0.29) is 5.97 Å². The Kier molecular flexibility index (Phi) is 10.2. The fourth-order valence-corrected chi connectivity index (χ4v) is 1.51. The number of methoxy groups -OCH3 is 1. The van der Waals surface area contributed by atoms with Crippen LogP contribution in [0.4, 0.5) is 0 Å². The van der Waals surface area contributed by atoms with E-state index < -0.39 is 0 Å². The molecule has 84 valence electrons. The second kappa shape index (κ2) is 10.6. The van der Waals surface area contributed by atoms with Crippen LogP contribution >= 0.6 is 0 Å². The van der Waals surface area contributed by atoms with E-state index in [9.17, 15) is 4.79 Å². The molecule has 0 rings (SSSR count). The van der Waals surface area contributed by atoms with E-state index in [0.29, 0.717) is 6.42 Å². The molecule has 0 amide bonds. The van der Waals surface area contributed by atoms with Crippen LogP contribution in [0.15, 0.2) is 0 Å². The quantitative estimate of drug-likeness (QED) is 0.419. The van der Waals surface area contributed by atoms with Crippen LogP contribution < -0.4 is 0 Å². The Morgan fingerprint density at radius 2 is 1.43 bits per heavy atom. The summed E-state index contributed by atoms with van der Waals surface area (Å²) in [5.74, 6) is -0.0732. The van der Waals surface area contributed by atoms with Crippen LogP contribution in [0.1, 0.15) is 64.7 Å². The number of hydrogen-bond acceptors (Lipinski definition) is 2. The molecule has 0 atom stereocenters. The summed E-state index contributed by atoms with van der Waals surface area (Å²) in [6.45, 7) is 2.23. The minimum Gasteiger partial charge on any atom is -0.469 e. The van der Waals surface area contributed by atoms with Gasteiger partial charge < -0.3 is 4.74 Å². The van der Waals surface area contributed by atoms with Gasteiger partial charge in [-0.25, -0.2) is 0 Å². The van der Waals surface area contributed by atoms with Crippen molar-refractivity contribution in [3.63, 3.8) is 0 Å². The molecule has 2 heteroatoms. The van der Waals surface area contributed by atoms with Gasteiger partial charge in [-0.15, -0.1) is 0 Å². The lowest BCUT2D eigenvalue weighted by molar-refractivity contribution is -0.140. The smallest absolute Gasteiger partial charge is 0.305 e. The lowest BCUT2D eigenvalue weighted by Crippen LogP contribution is -1.99. The largest absolute Gasteiger partial charge is 0.469 e. The van der Waals surface area contributed by atoms with Crippen molar-refractivity contribution in [1.82, 2.24) is 0 Å². The van der Waals surface area contributed by atoms with Gasteiger partial charge in [0.15, 0.2) is 0 Å². The molecule has 0 fully saturated rings. The zero-order chi connectivity index (χ0) is 10.6. The van der Waals surface area contributed by atoms with Gasteiger partial charge in [-0.3, -0.25) is 4.79 Å². The van der Waals surface area contributed by atoms with Crippen molar-refractivity contribution < 1.29 is 9.53 Å². The maximum absolute atomic E-state index is 10.8. The first-order valence-corrected chi connectivity index (χ1v) is 5.88. The van der Waals surface area contributed by atoms with E-state index in [1.807, 2.05) is 0 Å². The third-order valence-electron chi connectivity index (χ3n) is 2.46. The van der Waals surface area contributed by atoms with Crippen LogP contribution in [0, 0.1) is 0 Å². The Morgan fingerprint density at radius 3 is 1.93 bits per heavy atom. The van der Waals surface area contributed by atoms with Crippen LogP contribution in [-0.4, -0.2) is 13.1 Å². The molecule has 0 aromatic rings. The number of esters is 1. The summed E-state index contributed by atoms with van der Waals surface area (Å²) < 4.78 is 4.57. The number of unbranched alkanes of at least 4 members (excludes halogenated alkanes) is 7. The molecule has 0 aromatic carbocycles. The molecule has 0 bridgehead atoms. The van der Waals surface area contributed by atoms with Gasteiger partial charge in [0.2, 0.25) is 0 Å². The molecule has 0 N–H and O–H groups in total. The average Bonchev–Trinajstić information content (AvgIpc) is 2.21. The van der Waals surface area contributed by atoms with E-state index in [2.05, 4.69) is 11.7 Å². The standard InChI is InChI=1S/C12H24O2/c1-3-4-5-6-7-8-9-10-11-12(13)14-2/h3-11H2,1-2H3. The minimum absolute atomic E-state index is 0.0732. The van der Waals surface area contributed by atoms with Gasteiger partial charge in [0, 0.05) is 6.42 Å². The molecule has 0 radical (unpaired) electrons. The summed E-state index contributed by atoms with van der Waals surface area (Å²) in [7, 11) is 1.45. The van der Waals surface area contributed by atoms with Crippen LogP contribution in [0.5, 0.6) is 0 Å². The van der Waals surface area contributed by atoms with E-state index in [0.717, 1.165) is 6.42 Å². The van der Waals surface area contributed by atoms with E-state index in [1.165, 1.54) is 52.1 Å². The molecular formula is C12H24O2. The van der Waals surface area contributed by atoms with E-state index >= 15 is 0 Å². The molecule has 0 aliphatic carbocycles. The maximum atomic E-state index is 10.8. The minimum atomic E-state index is -0.0732. The van der Waals surface area contributed by atoms with Gasteiger partial charge >= 0.3 is 5.97 Å². The first-order chi connectivity index (χ1) is 6.81. The van der Waals surface area contributed by atoms with Crippen LogP contribution in [0.25, 0.3) is 0 Å². The third kappa shape index (κ3) is 9.56. The molecule has 0 aliphatic rings. The fourth-order valence-electron chi connectivity index (χ4n) is 1.51. The van der Waals surface area contributed by atoms with Crippen molar-refractivity contribution in [3.05, 3.63) is 0 Å². The molecule has 0 aromatic heterocycles. The van der Waals surface area contributed by atoms with Crippen LogP contribution in [-0.2, 0) is 9.53 Å². The molecule has 0 unspecified atom stereocenters. The molecule has 2 nitrogen and oxygen atoms in total. The van der Waals surface area contributed by atoms with Gasteiger partial charge in [-0.1, -0.05) is 51.9 Å². The topological polar surface area (TPSA) is 26.3 Å². The highest BCUT2D eigenvalue weighted by atomic mass is 16.5. The molecule has 0 saturated carbocycles. The molecule has 14 heavy (non-hydrogen) atoms. The predicted molar refractivity (Wildman–Crippen MR) is 59.2 cm³/mol. The first kappa shape index (κ1) is 13.5. The SMILES string of the molecule is CCCCCCCCCCC(=O)OC. The van der Waals surface area contributed by atoms with Crippen molar-refractivity contribution in [2.24, 2.45) is 0 Å². The molecule has 0 heterocycles. The predicted octanol–water partition coefficient (Wildman–Crippen LogP) is 3.69. The third-order valence-corrected chi connectivity index (χ3v) is 2.46. The molecule has 0 spiro atoms. The number of rotatable bonds is 9. The maximum Gasteiger partial charge on any atom is 0.305 e. The van der Waals surface area contributed by atoms with Gasteiger partial charge in [-0.2, -0.15) is 0 Å². The van der Waals surface area contributed by atoms with Crippen molar-refractivity contribution in [3.8, 4) is 0 Å². The highest BCUT2D eigenvalue weighted by molar-refractivity contribution is 5.68. The van der Waals surface area contributed by atoms with E-state index in [1.54, 1.807) is 0 Å². The Balaban J connectivity index is 2.95. The van der Waals surface area contributed by atoms with Gasteiger partial charge in [0.25, 0.3) is 0 Å². The lowest BCUT2D eigenvalue weighted by atomic mass is 10.1. The van der Waals surface area contributed by atoms with Crippen LogP contribution in [0.3, 0.4) is 0 Å². The Morgan fingerprint density at radius 1 is 0.929 bits per heavy atom. The van der Waals surface area contributed by atoms with Crippen molar-refractivity contribution in [2.45, 2.75) is 64.7 Å². The summed E-state index contributed by atoms with van der Waals surface area (Å²) in [6.07, 6.45) is 10.7. The molecule has 0 aliphatic heterocycles. The van der Waals surface area contributed by atoms with E-state index in [4.69, 9.17) is 0 Å². The molecule has 0 saturated heterocycles. The zero-order valence-electron chi connectivity index (χ0n) is 9.68. The summed E-state index contributed by atoms with van der Waals surface area (Å²) in [5.41, 5.74) is 0. The Hall–Kier alpha value is -0.530. The highest BCUT2D eigenvalue weighted by Crippen LogP contribution is 2.09. The first-order valence-electron chi connectivity index (χ1n) is 5.88. The Labute approximate surface area is 88.0 Å². The second-order valence-corrected chi connectivity index (χ2v) is 3.80.